The fourth-order valence-corrected chi connectivity index (χ4v) is 2.38. The van der Waals surface area contributed by atoms with Gasteiger partial charge in [0, 0.05) is 12.8 Å². The van der Waals surface area contributed by atoms with Gasteiger partial charge in [-0.1, -0.05) is 30.3 Å². The molecule has 15 heavy (non-hydrogen) atoms. The van der Waals surface area contributed by atoms with Crippen molar-refractivity contribution in [1.29, 1.82) is 0 Å². The standard InChI is InChI=1S/C14H18O/c15-14-8-4-7-13(11-14)10-9-12-5-2-1-3-6-12/h1-3,5-6,13H,4,7-11H2. The summed E-state index contributed by atoms with van der Waals surface area (Å²) in [4.78, 5) is 11.3. The normalized spacial score (nSPS) is 21.6. The van der Waals surface area contributed by atoms with Gasteiger partial charge in [-0.2, -0.15) is 0 Å². The minimum atomic E-state index is 0.472. The van der Waals surface area contributed by atoms with Gasteiger partial charge in [-0.05, 0) is 37.2 Å². The molecule has 0 heterocycles. The van der Waals surface area contributed by atoms with Crippen molar-refractivity contribution in [1.82, 2.24) is 0 Å². The Bertz CT molecular complexity index is 315. The van der Waals surface area contributed by atoms with Crippen LogP contribution in [0.1, 0.15) is 37.7 Å². The van der Waals surface area contributed by atoms with Crippen LogP contribution in [0.5, 0.6) is 0 Å². The fourth-order valence-electron chi connectivity index (χ4n) is 2.38. The molecule has 0 radical (unpaired) electrons. The molecule has 80 valence electrons. The van der Waals surface area contributed by atoms with Crippen molar-refractivity contribution in [2.24, 2.45) is 5.92 Å². The lowest BCUT2D eigenvalue weighted by Gasteiger charge is -2.20. The van der Waals surface area contributed by atoms with Gasteiger partial charge in [-0.15, -0.1) is 0 Å². The van der Waals surface area contributed by atoms with E-state index in [4.69, 9.17) is 0 Å². The number of carbonyl (C=O) groups is 1. The van der Waals surface area contributed by atoms with Crippen LogP contribution >= 0.6 is 0 Å². The Labute approximate surface area is 91.5 Å². The maximum atomic E-state index is 11.3. The van der Waals surface area contributed by atoms with E-state index >= 15 is 0 Å². The molecule has 1 aliphatic carbocycles. The van der Waals surface area contributed by atoms with Crippen molar-refractivity contribution in [3.05, 3.63) is 35.9 Å². The zero-order valence-corrected chi connectivity index (χ0v) is 9.11. The highest BCUT2D eigenvalue weighted by molar-refractivity contribution is 5.79. The molecule has 0 aliphatic heterocycles. The van der Waals surface area contributed by atoms with Crippen molar-refractivity contribution in [2.45, 2.75) is 38.5 Å². The van der Waals surface area contributed by atoms with Crippen molar-refractivity contribution in [2.75, 3.05) is 0 Å². The Morgan fingerprint density at radius 2 is 2.00 bits per heavy atom. The molecule has 0 spiro atoms. The summed E-state index contributed by atoms with van der Waals surface area (Å²) in [7, 11) is 0. The number of aryl methyl sites for hydroxylation is 1. The molecule has 1 aliphatic rings. The lowest BCUT2D eigenvalue weighted by molar-refractivity contribution is -0.121. The second-order valence-electron chi connectivity index (χ2n) is 4.53. The average Bonchev–Trinajstić information content (AvgIpc) is 2.28. The smallest absolute Gasteiger partial charge is 0.133 e. The van der Waals surface area contributed by atoms with Gasteiger partial charge in [0.25, 0.3) is 0 Å². The Hall–Kier alpha value is -1.11. The van der Waals surface area contributed by atoms with Gasteiger partial charge < -0.3 is 0 Å². The highest BCUT2D eigenvalue weighted by Gasteiger charge is 2.18. The van der Waals surface area contributed by atoms with Gasteiger partial charge >= 0.3 is 0 Å². The predicted octanol–water partition coefficient (Wildman–Crippen LogP) is 3.38. The molecule has 0 amide bonds. The lowest BCUT2D eigenvalue weighted by atomic mass is 9.84. The molecule has 1 saturated carbocycles. The van der Waals surface area contributed by atoms with Gasteiger partial charge in [-0.25, -0.2) is 0 Å². The summed E-state index contributed by atoms with van der Waals surface area (Å²) in [6, 6.07) is 10.6. The van der Waals surface area contributed by atoms with Crippen LogP contribution in [-0.4, -0.2) is 5.78 Å². The molecule has 0 bridgehead atoms. The monoisotopic (exact) mass is 202 g/mol. The van der Waals surface area contributed by atoms with Crippen molar-refractivity contribution in [3.63, 3.8) is 0 Å². The summed E-state index contributed by atoms with van der Waals surface area (Å²) >= 11 is 0. The highest BCUT2D eigenvalue weighted by Crippen LogP contribution is 2.25. The minimum Gasteiger partial charge on any atom is -0.300 e. The number of carbonyl (C=O) groups excluding carboxylic acids is 1. The van der Waals surface area contributed by atoms with E-state index in [1.807, 2.05) is 6.07 Å². The Morgan fingerprint density at radius 1 is 1.20 bits per heavy atom. The van der Waals surface area contributed by atoms with Crippen molar-refractivity contribution in [3.8, 4) is 0 Å². The zero-order chi connectivity index (χ0) is 10.5. The van der Waals surface area contributed by atoms with Crippen LogP contribution in [0.15, 0.2) is 30.3 Å². The maximum Gasteiger partial charge on any atom is 0.133 e. The number of rotatable bonds is 3. The third kappa shape index (κ3) is 3.19. The zero-order valence-electron chi connectivity index (χ0n) is 9.11. The molecule has 1 nitrogen and oxygen atoms in total. The molecule has 1 fully saturated rings. The molecule has 0 saturated heterocycles. The summed E-state index contributed by atoms with van der Waals surface area (Å²) in [5.74, 6) is 1.12. The number of hydrogen-bond acceptors (Lipinski definition) is 1. The van der Waals surface area contributed by atoms with E-state index in [1.165, 1.54) is 18.4 Å². The number of benzene rings is 1. The molecule has 2 rings (SSSR count). The summed E-state index contributed by atoms with van der Waals surface area (Å²) in [6.07, 6.45) is 6.31. The molecular formula is C14H18O. The molecular weight excluding hydrogens is 184 g/mol. The lowest BCUT2D eigenvalue weighted by Crippen LogP contribution is -2.15. The van der Waals surface area contributed by atoms with Crippen LogP contribution in [0.4, 0.5) is 0 Å². The van der Waals surface area contributed by atoms with E-state index in [1.54, 1.807) is 0 Å². The van der Waals surface area contributed by atoms with Gasteiger partial charge in [0.15, 0.2) is 0 Å². The molecule has 0 aromatic heterocycles. The van der Waals surface area contributed by atoms with Gasteiger partial charge in [0.1, 0.15) is 5.78 Å². The molecule has 1 unspecified atom stereocenters. The van der Waals surface area contributed by atoms with Gasteiger partial charge in [0.05, 0.1) is 0 Å². The summed E-state index contributed by atoms with van der Waals surface area (Å²) < 4.78 is 0. The first-order chi connectivity index (χ1) is 7.34. The molecule has 1 atom stereocenters. The summed E-state index contributed by atoms with van der Waals surface area (Å²) in [5, 5.41) is 0. The first kappa shape index (κ1) is 10.4. The molecule has 1 aromatic carbocycles. The quantitative estimate of drug-likeness (QED) is 0.734. The van der Waals surface area contributed by atoms with Crippen molar-refractivity contribution >= 4 is 5.78 Å². The van der Waals surface area contributed by atoms with Crippen LogP contribution in [0.2, 0.25) is 0 Å². The number of hydrogen-bond donors (Lipinski definition) is 0. The van der Waals surface area contributed by atoms with Gasteiger partial charge in [0.2, 0.25) is 0 Å². The van der Waals surface area contributed by atoms with Crippen LogP contribution in [-0.2, 0) is 11.2 Å². The molecule has 0 N–H and O–H groups in total. The van der Waals surface area contributed by atoms with E-state index < -0.39 is 0 Å². The first-order valence-corrected chi connectivity index (χ1v) is 5.90. The average molecular weight is 202 g/mol. The van der Waals surface area contributed by atoms with E-state index in [9.17, 15) is 4.79 Å². The third-order valence-electron chi connectivity index (χ3n) is 3.27. The Balaban J connectivity index is 1.80. The molecule has 1 aromatic rings. The largest absolute Gasteiger partial charge is 0.300 e. The second kappa shape index (κ2) is 5.11. The van der Waals surface area contributed by atoms with E-state index in [2.05, 4.69) is 24.3 Å². The summed E-state index contributed by atoms with van der Waals surface area (Å²) in [5.41, 5.74) is 1.40. The minimum absolute atomic E-state index is 0.472. The van der Waals surface area contributed by atoms with Crippen LogP contribution in [0.25, 0.3) is 0 Å². The fraction of sp³-hybridized carbons (Fsp3) is 0.500. The summed E-state index contributed by atoms with van der Waals surface area (Å²) in [6.45, 7) is 0. The molecule has 1 heteroatoms. The van der Waals surface area contributed by atoms with E-state index in [0.29, 0.717) is 11.7 Å². The Kier molecular flexibility index (Phi) is 3.54. The van der Waals surface area contributed by atoms with E-state index in [-0.39, 0.29) is 0 Å². The predicted molar refractivity (Wildman–Crippen MR) is 61.7 cm³/mol. The van der Waals surface area contributed by atoms with Crippen LogP contribution < -0.4 is 0 Å². The topological polar surface area (TPSA) is 17.1 Å². The SMILES string of the molecule is O=C1CCCC(CCc2ccccc2)C1. The third-order valence-corrected chi connectivity index (χ3v) is 3.27. The first-order valence-electron chi connectivity index (χ1n) is 5.90. The highest BCUT2D eigenvalue weighted by atomic mass is 16.1. The van der Waals surface area contributed by atoms with E-state index in [0.717, 1.165) is 25.7 Å². The maximum absolute atomic E-state index is 11.3. The van der Waals surface area contributed by atoms with Gasteiger partial charge in [-0.3, -0.25) is 4.79 Å². The van der Waals surface area contributed by atoms with Crippen molar-refractivity contribution < 1.29 is 4.79 Å². The Morgan fingerprint density at radius 3 is 2.73 bits per heavy atom. The number of ketones is 1. The second-order valence-corrected chi connectivity index (χ2v) is 4.53. The van der Waals surface area contributed by atoms with Crippen LogP contribution in [0, 0.1) is 5.92 Å². The number of Topliss-reactive ketones (excluding diaryl/α,β-unsaturated/α-hetero) is 1. The van der Waals surface area contributed by atoms with Crippen LogP contribution in [0.3, 0.4) is 0 Å².